The lowest BCUT2D eigenvalue weighted by atomic mass is 9.86. The second-order valence-electron chi connectivity index (χ2n) is 8.68. The molecule has 5 heteroatoms. The number of hydrogen-bond donors (Lipinski definition) is 0. The van der Waals surface area contributed by atoms with Crippen molar-refractivity contribution in [2.75, 3.05) is 20.1 Å². The molecule has 1 aliphatic rings. The molecule has 4 nitrogen and oxygen atoms in total. The summed E-state index contributed by atoms with van der Waals surface area (Å²) in [5, 5.41) is 1.92. The van der Waals surface area contributed by atoms with Crippen LogP contribution in [0.3, 0.4) is 0 Å². The molecule has 0 unspecified atom stereocenters. The monoisotopic (exact) mass is 398 g/mol. The molecule has 2 aromatic rings. The molecule has 1 aromatic heterocycles. The van der Waals surface area contributed by atoms with Gasteiger partial charge in [0.1, 0.15) is 0 Å². The van der Waals surface area contributed by atoms with Crippen LogP contribution in [0.1, 0.15) is 54.4 Å². The number of carbonyl (C=O) groups excluding carboxylic acids is 2. The fraction of sp³-hybridized carbons (Fsp3) is 0.478. The number of carbonyl (C=O) groups is 2. The first-order valence-electron chi connectivity index (χ1n) is 9.93. The van der Waals surface area contributed by atoms with Gasteiger partial charge in [-0.25, -0.2) is 0 Å². The van der Waals surface area contributed by atoms with Crippen LogP contribution in [0.2, 0.25) is 0 Å². The fourth-order valence-electron chi connectivity index (χ4n) is 3.66. The second-order valence-corrected chi connectivity index (χ2v) is 9.63. The molecule has 0 aliphatic carbocycles. The van der Waals surface area contributed by atoms with Gasteiger partial charge in [0, 0.05) is 32.6 Å². The average Bonchev–Trinajstić information content (AvgIpc) is 3.21. The largest absolute Gasteiger partial charge is 0.341 e. The maximum atomic E-state index is 12.9. The van der Waals surface area contributed by atoms with Crippen LogP contribution in [0.15, 0.2) is 41.8 Å². The lowest BCUT2D eigenvalue weighted by molar-refractivity contribution is -0.136. The van der Waals surface area contributed by atoms with Gasteiger partial charge in [0.25, 0.3) is 5.91 Å². The van der Waals surface area contributed by atoms with E-state index in [0.29, 0.717) is 19.6 Å². The van der Waals surface area contributed by atoms with E-state index >= 15 is 0 Å². The number of hydrogen-bond acceptors (Lipinski definition) is 3. The van der Waals surface area contributed by atoms with Crippen LogP contribution in [-0.2, 0) is 16.8 Å². The van der Waals surface area contributed by atoms with Gasteiger partial charge < -0.3 is 9.80 Å². The molecule has 0 bridgehead atoms. The Bertz CT molecular complexity index is 798. The van der Waals surface area contributed by atoms with Crippen LogP contribution in [0.25, 0.3) is 0 Å². The summed E-state index contributed by atoms with van der Waals surface area (Å²) < 4.78 is 0. The topological polar surface area (TPSA) is 40.6 Å². The average molecular weight is 399 g/mol. The van der Waals surface area contributed by atoms with Crippen LogP contribution in [-0.4, -0.2) is 41.8 Å². The molecular weight excluding hydrogens is 368 g/mol. The number of likely N-dealkylation sites (tertiary alicyclic amines) is 1. The molecular formula is C23H30N2O2S. The first-order chi connectivity index (χ1) is 13.3. The summed E-state index contributed by atoms with van der Waals surface area (Å²) >= 11 is 1.47. The summed E-state index contributed by atoms with van der Waals surface area (Å²) in [4.78, 5) is 29.8. The van der Waals surface area contributed by atoms with E-state index in [-0.39, 0.29) is 23.1 Å². The molecule has 0 saturated carbocycles. The lowest BCUT2D eigenvalue weighted by Gasteiger charge is -2.33. The highest BCUT2D eigenvalue weighted by atomic mass is 32.1. The van der Waals surface area contributed by atoms with Gasteiger partial charge in [-0.2, -0.15) is 0 Å². The predicted octanol–water partition coefficient (Wildman–Crippen LogP) is 4.56. The van der Waals surface area contributed by atoms with E-state index in [2.05, 4.69) is 45.0 Å². The van der Waals surface area contributed by atoms with Crippen LogP contribution in [0.4, 0.5) is 0 Å². The van der Waals surface area contributed by atoms with Gasteiger partial charge in [-0.3, -0.25) is 9.59 Å². The van der Waals surface area contributed by atoms with E-state index in [0.717, 1.165) is 23.3 Å². The van der Waals surface area contributed by atoms with Crippen LogP contribution in [0, 0.1) is 5.92 Å². The van der Waals surface area contributed by atoms with Gasteiger partial charge in [-0.15, -0.1) is 11.3 Å². The van der Waals surface area contributed by atoms with Gasteiger partial charge in [-0.1, -0.05) is 51.1 Å². The minimum absolute atomic E-state index is 0.00577. The molecule has 1 fully saturated rings. The maximum Gasteiger partial charge on any atom is 0.263 e. The van der Waals surface area contributed by atoms with Gasteiger partial charge in [0.15, 0.2) is 0 Å². The van der Waals surface area contributed by atoms with Crippen molar-refractivity contribution in [3.05, 3.63) is 57.8 Å². The van der Waals surface area contributed by atoms with Crippen LogP contribution in [0.5, 0.6) is 0 Å². The highest BCUT2D eigenvalue weighted by Gasteiger charge is 2.29. The van der Waals surface area contributed by atoms with Crippen LogP contribution >= 0.6 is 11.3 Å². The predicted molar refractivity (Wildman–Crippen MR) is 115 cm³/mol. The molecule has 1 aliphatic heterocycles. The van der Waals surface area contributed by atoms with Gasteiger partial charge >= 0.3 is 0 Å². The Kier molecular flexibility index (Phi) is 6.23. The summed E-state index contributed by atoms with van der Waals surface area (Å²) in [6, 6.07) is 12.3. The highest BCUT2D eigenvalue weighted by molar-refractivity contribution is 7.12. The minimum atomic E-state index is 0.00577. The minimum Gasteiger partial charge on any atom is -0.341 e. The van der Waals surface area contributed by atoms with Crippen LogP contribution < -0.4 is 0 Å². The maximum absolute atomic E-state index is 12.9. The zero-order valence-corrected chi connectivity index (χ0v) is 18.1. The zero-order chi connectivity index (χ0) is 20.3. The molecule has 0 N–H and O–H groups in total. The smallest absolute Gasteiger partial charge is 0.263 e. The molecule has 28 heavy (non-hydrogen) atoms. The first-order valence-corrected chi connectivity index (χ1v) is 10.8. The Morgan fingerprint density at radius 2 is 1.75 bits per heavy atom. The summed E-state index contributed by atoms with van der Waals surface area (Å²) in [6.07, 6.45) is 1.48. The second kappa shape index (κ2) is 8.48. The lowest BCUT2D eigenvalue weighted by Crippen LogP contribution is -2.43. The van der Waals surface area contributed by atoms with Crippen molar-refractivity contribution >= 4 is 23.2 Å². The Morgan fingerprint density at radius 3 is 2.29 bits per heavy atom. The molecule has 0 radical (unpaired) electrons. The normalized spacial score (nSPS) is 15.5. The van der Waals surface area contributed by atoms with E-state index in [4.69, 9.17) is 0 Å². The number of thiophene rings is 1. The molecule has 0 atom stereocenters. The van der Waals surface area contributed by atoms with Crippen molar-refractivity contribution in [1.29, 1.82) is 0 Å². The van der Waals surface area contributed by atoms with Crippen molar-refractivity contribution in [3.8, 4) is 0 Å². The standard InChI is InChI=1S/C23H30N2O2S/c1-23(2,3)19-9-7-17(8-10-19)16-24(4)21(26)18-11-13-25(14-12-18)22(27)20-6-5-15-28-20/h5-10,15,18H,11-14,16H2,1-4H3. The van der Waals surface area contributed by atoms with E-state index in [1.165, 1.54) is 16.9 Å². The van der Waals surface area contributed by atoms with Crippen molar-refractivity contribution in [3.63, 3.8) is 0 Å². The quantitative estimate of drug-likeness (QED) is 0.758. The third kappa shape index (κ3) is 4.82. The third-order valence-corrected chi connectivity index (χ3v) is 6.34. The number of amides is 2. The molecule has 150 valence electrons. The molecule has 1 saturated heterocycles. The van der Waals surface area contributed by atoms with Crippen molar-refractivity contribution in [2.45, 2.75) is 45.6 Å². The molecule has 2 heterocycles. The third-order valence-electron chi connectivity index (χ3n) is 5.48. The zero-order valence-electron chi connectivity index (χ0n) is 17.3. The summed E-state index contributed by atoms with van der Waals surface area (Å²) in [6.45, 7) is 8.54. The summed E-state index contributed by atoms with van der Waals surface area (Å²) in [5.74, 6) is 0.280. The number of nitrogens with zero attached hydrogens (tertiary/aromatic N) is 2. The first kappa shape index (κ1) is 20.6. The van der Waals surface area contributed by atoms with E-state index in [1.54, 1.807) is 0 Å². The summed E-state index contributed by atoms with van der Waals surface area (Å²) in [7, 11) is 1.88. The Hall–Kier alpha value is -2.14. The van der Waals surface area contributed by atoms with Crippen molar-refractivity contribution < 1.29 is 9.59 Å². The Balaban J connectivity index is 1.52. The summed E-state index contributed by atoms with van der Waals surface area (Å²) in [5.41, 5.74) is 2.58. The Morgan fingerprint density at radius 1 is 1.11 bits per heavy atom. The molecule has 2 amide bonds. The highest BCUT2D eigenvalue weighted by Crippen LogP contribution is 2.24. The van der Waals surface area contributed by atoms with Gasteiger partial charge in [-0.05, 0) is 40.8 Å². The van der Waals surface area contributed by atoms with Crippen molar-refractivity contribution in [1.82, 2.24) is 9.80 Å². The number of benzene rings is 1. The van der Waals surface area contributed by atoms with Crippen molar-refractivity contribution in [2.24, 2.45) is 5.92 Å². The Labute approximate surface area is 172 Å². The van der Waals surface area contributed by atoms with Gasteiger partial charge in [0.2, 0.25) is 5.91 Å². The van der Waals surface area contributed by atoms with E-state index < -0.39 is 0 Å². The van der Waals surface area contributed by atoms with E-state index in [1.807, 2.05) is 34.4 Å². The number of piperidine rings is 1. The van der Waals surface area contributed by atoms with Gasteiger partial charge in [0.05, 0.1) is 4.88 Å². The number of rotatable bonds is 4. The molecule has 1 aromatic carbocycles. The molecule has 0 spiro atoms. The SMILES string of the molecule is CN(Cc1ccc(C(C)(C)C)cc1)C(=O)C1CCN(C(=O)c2cccs2)CC1. The fourth-order valence-corrected chi connectivity index (χ4v) is 4.35. The van der Waals surface area contributed by atoms with E-state index in [9.17, 15) is 9.59 Å². The molecule has 3 rings (SSSR count).